The molecular formula is C11H27NOSi2. The Morgan fingerprint density at radius 3 is 2.40 bits per heavy atom. The molecule has 0 aromatic heterocycles. The number of rotatable bonds is 3. The number of hydrogen-bond donors (Lipinski definition) is 0. The Bertz CT molecular complexity index is 182. The van der Waals surface area contributed by atoms with Crippen molar-refractivity contribution in [2.45, 2.75) is 58.3 Å². The van der Waals surface area contributed by atoms with Crippen LogP contribution in [0.3, 0.4) is 0 Å². The fraction of sp³-hybridized carbons (Fsp3) is 1.00. The van der Waals surface area contributed by atoms with Gasteiger partial charge in [0.05, 0.1) is 14.2 Å². The summed E-state index contributed by atoms with van der Waals surface area (Å²) in [6.07, 6.45) is 5.64. The van der Waals surface area contributed by atoms with Crippen LogP contribution in [0.4, 0.5) is 0 Å². The maximum absolute atomic E-state index is 5.89. The monoisotopic (exact) mass is 245 g/mol. The predicted octanol–water partition coefficient (Wildman–Crippen LogP) is 2.95. The van der Waals surface area contributed by atoms with E-state index in [0.29, 0.717) is 0 Å². The van der Waals surface area contributed by atoms with E-state index in [-0.39, 0.29) is 0 Å². The Kier molecular flexibility index (Phi) is 5.53. The van der Waals surface area contributed by atoms with Gasteiger partial charge in [0.25, 0.3) is 0 Å². The Labute approximate surface area is 97.4 Å². The van der Waals surface area contributed by atoms with Crippen LogP contribution >= 0.6 is 0 Å². The maximum Gasteiger partial charge on any atom is 0.135 e. The minimum Gasteiger partial charge on any atom is -0.307 e. The summed E-state index contributed by atoms with van der Waals surface area (Å²) in [4.78, 5) is 5.89. The zero-order chi connectivity index (χ0) is 11.3. The highest BCUT2D eigenvalue weighted by Gasteiger charge is 2.34. The summed E-state index contributed by atoms with van der Waals surface area (Å²) in [6, 6.07) is 1.48. The molecule has 0 saturated carbocycles. The van der Waals surface area contributed by atoms with Crippen LogP contribution in [0.1, 0.15) is 32.6 Å². The van der Waals surface area contributed by atoms with Crippen molar-refractivity contribution in [1.82, 2.24) is 4.73 Å². The lowest BCUT2D eigenvalue weighted by molar-refractivity contribution is -0.0861. The van der Waals surface area contributed by atoms with Crippen molar-refractivity contribution in [3.8, 4) is 0 Å². The first-order valence-corrected chi connectivity index (χ1v) is 13.1. The molecule has 1 rings (SSSR count). The Balaban J connectivity index is 2.64. The number of hydrogen-bond acceptors (Lipinski definition) is 2. The van der Waals surface area contributed by atoms with Crippen molar-refractivity contribution in [3.05, 3.63) is 0 Å². The average Bonchev–Trinajstić information content (AvgIpc) is 2.07. The summed E-state index contributed by atoms with van der Waals surface area (Å²) in [5, 5.41) is 0. The van der Waals surface area contributed by atoms with Crippen LogP contribution in [-0.4, -0.2) is 33.9 Å². The maximum atomic E-state index is 5.89. The topological polar surface area (TPSA) is 12.5 Å². The molecule has 0 amide bonds. The van der Waals surface area contributed by atoms with E-state index in [2.05, 4.69) is 31.3 Å². The SMILES string of the molecule is CCON1CCCCCC[SiH]1[Si](C)(C)C. The molecule has 0 N–H and O–H groups in total. The van der Waals surface area contributed by atoms with E-state index < -0.39 is 16.1 Å². The molecular weight excluding hydrogens is 218 g/mol. The Morgan fingerprint density at radius 1 is 1.13 bits per heavy atom. The van der Waals surface area contributed by atoms with Gasteiger partial charge >= 0.3 is 0 Å². The second-order valence-corrected chi connectivity index (χ2v) is 19.8. The predicted molar refractivity (Wildman–Crippen MR) is 72.1 cm³/mol. The molecule has 1 saturated heterocycles. The third-order valence-corrected chi connectivity index (χ3v) is 15.0. The Hall–Kier alpha value is 0.354. The second kappa shape index (κ2) is 6.18. The second-order valence-electron chi connectivity index (χ2n) is 5.64. The summed E-state index contributed by atoms with van der Waals surface area (Å²) >= 11 is 0. The van der Waals surface area contributed by atoms with Crippen molar-refractivity contribution in [2.75, 3.05) is 13.2 Å². The zero-order valence-electron chi connectivity index (χ0n) is 10.9. The molecule has 1 aliphatic rings. The molecule has 0 bridgehead atoms. The van der Waals surface area contributed by atoms with Gasteiger partial charge in [0, 0.05) is 6.54 Å². The summed E-state index contributed by atoms with van der Waals surface area (Å²) in [5.41, 5.74) is 0. The highest BCUT2D eigenvalue weighted by atomic mass is 29.2. The van der Waals surface area contributed by atoms with Gasteiger partial charge in [-0.15, -0.1) is 0 Å². The van der Waals surface area contributed by atoms with Crippen molar-refractivity contribution in [1.29, 1.82) is 0 Å². The molecule has 0 spiro atoms. The lowest BCUT2D eigenvalue weighted by Gasteiger charge is -2.38. The van der Waals surface area contributed by atoms with Crippen molar-refractivity contribution >= 4 is 16.1 Å². The Morgan fingerprint density at radius 2 is 1.80 bits per heavy atom. The lowest BCUT2D eigenvalue weighted by atomic mass is 10.2. The van der Waals surface area contributed by atoms with E-state index in [1.54, 1.807) is 0 Å². The van der Waals surface area contributed by atoms with Gasteiger partial charge in [-0.05, 0) is 19.4 Å². The quantitative estimate of drug-likeness (QED) is 0.709. The van der Waals surface area contributed by atoms with E-state index in [0.717, 1.165) is 6.61 Å². The fourth-order valence-corrected chi connectivity index (χ4v) is 12.4. The largest absolute Gasteiger partial charge is 0.307 e. The smallest absolute Gasteiger partial charge is 0.135 e. The molecule has 1 heterocycles. The van der Waals surface area contributed by atoms with Crippen molar-refractivity contribution in [3.63, 3.8) is 0 Å². The third kappa shape index (κ3) is 4.38. The molecule has 4 heteroatoms. The molecule has 1 aliphatic heterocycles. The summed E-state index contributed by atoms with van der Waals surface area (Å²) < 4.78 is 2.45. The molecule has 0 aliphatic carbocycles. The molecule has 15 heavy (non-hydrogen) atoms. The first-order valence-electron chi connectivity index (χ1n) is 6.45. The van der Waals surface area contributed by atoms with E-state index in [4.69, 9.17) is 4.84 Å². The molecule has 0 aromatic carbocycles. The van der Waals surface area contributed by atoms with E-state index in [1.807, 2.05) is 0 Å². The summed E-state index contributed by atoms with van der Waals surface area (Å²) in [5.74, 6) is 0. The van der Waals surface area contributed by atoms with Crippen LogP contribution in [-0.2, 0) is 4.84 Å². The highest BCUT2D eigenvalue weighted by Crippen LogP contribution is 2.22. The van der Waals surface area contributed by atoms with Gasteiger partial charge in [-0.1, -0.05) is 38.9 Å². The van der Waals surface area contributed by atoms with Gasteiger partial charge in [-0.2, -0.15) is 0 Å². The molecule has 1 unspecified atom stereocenters. The van der Waals surface area contributed by atoms with Gasteiger partial charge in [-0.3, -0.25) is 0 Å². The van der Waals surface area contributed by atoms with E-state index >= 15 is 0 Å². The van der Waals surface area contributed by atoms with Crippen LogP contribution < -0.4 is 0 Å². The lowest BCUT2D eigenvalue weighted by Crippen LogP contribution is -2.56. The molecule has 0 aromatic rings. The van der Waals surface area contributed by atoms with Gasteiger partial charge < -0.3 is 4.84 Å². The van der Waals surface area contributed by atoms with Crippen LogP contribution in [0, 0.1) is 0 Å². The third-order valence-electron chi connectivity index (χ3n) is 3.25. The molecule has 1 fully saturated rings. The highest BCUT2D eigenvalue weighted by molar-refractivity contribution is 7.30. The van der Waals surface area contributed by atoms with Gasteiger partial charge in [0.15, 0.2) is 0 Å². The molecule has 0 radical (unpaired) electrons. The first kappa shape index (κ1) is 13.4. The molecule has 1 atom stereocenters. The van der Waals surface area contributed by atoms with Crippen LogP contribution in [0.2, 0.25) is 25.7 Å². The van der Waals surface area contributed by atoms with E-state index in [9.17, 15) is 0 Å². The number of nitrogens with zero attached hydrogens (tertiary/aromatic N) is 1. The zero-order valence-corrected chi connectivity index (χ0v) is 13.0. The summed E-state index contributed by atoms with van der Waals surface area (Å²) in [7, 11) is -1.74. The first-order chi connectivity index (χ1) is 7.05. The standard InChI is InChI=1S/C11H27NOSi2/c1-5-13-12-10-8-6-7-9-11-14(12)15(2,3)4/h14H,5-11H2,1-4H3. The normalized spacial score (nSPS) is 26.0. The summed E-state index contributed by atoms with van der Waals surface area (Å²) in [6.45, 7) is 11.8. The van der Waals surface area contributed by atoms with Gasteiger partial charge in [0.2, 0.25) is 0 Å². The van der Waals surface area contributed by atoms with Crippen molar-refractivity contribution < 1.29 is 4.84 Å². The van der Waals surface area contributed by atoms with Gasteiger partial charge in [-0.25, -0.2) is 4.73 Å². The van der Waals surface area contributed by atoms with Crippen LogP contribution in [0.5, 0.6) is 0 Å². The molecule has 90 valence electrons. The minimum atomic E-state index is -0.971. The molecule has 2 nitrogen and oxygen atoms in total. The minimum absolute atomic E-state index is 0.771. The van der Waals surface area contributed by atoms with Crippen molar-refractivity contribution in [2.24, 2.45) is 0 Å². The van der Waals surface area contributed by atoms with Crippen LogP contribution in [0.15, 0.2) is 0 Å². The van der Waals surface area contributed by atoms with Crippen LogP contribution in [0.25, 0.3) is 0 Å². The van der Waals surface area contributed by atoms with Gasteiger partial charge in [0.1, 0.15) is 8.48 Å². The fourth-order valence-electron chi connectivity index (χ4n) is 2.44. The average molecular weight is 246 g/mol. The van der Waals surface area contributed by atoms with E-state index in [1.165, 1.54) is 38.3 Å². The number of hydroxylamine groups is 1.